The minimum absolute atomic E-state index is 0.0806. The van der Waals surface area contributed by atoms with Crippen LogP contribution in [0.25, 0.3) is 0 Å². The van der Waals surface area contributed by atoms with Gasteiger partial charge in [-0.1, -0.05) is 35.4 Å². The molecule has 0 aliphatic heterocycles. The van der Waals surface area contributed by atoms with Gasteiger partial charge in [-0.15, -0.1) is 0 Å². The molecule has 0 saturated carbocycles. The summed E-state index contributed by atoms with van der Waals surface area (Å²) in [6, 6.07) is 14.1. The predicted octanol–water partition coefficient (Wildman–Crippen LogP) is 3.09. The first-order valence-electron chi connectivity index (χ1n) is 8.01. The standard InChI is InChI=1S/C19H22O5S/c1-15-3-7-17(8-4-15)23-12-13-24-19(20)11-14-25(21,22)18-9-5-16(2)6-10-18/h3-10H,11-14H2,1-2H3. The number of hydrogen-bond acceptors (Lipinski definition) is 5. The smallest absolute Gasteiger partial charge is 0.306 e. The van der Waals surface area contributed by atoms with Gasteiger partial charge >= 0.3 is 5.97 Å². The van der Waals surface area contributed by atoms with Crippen LogP contribution in [-0.4, -0.2) is 33.4 Å². The van der Waals surface area contributed by atoms with Crippen LogP contribution < -0.4 is 4.74 Å². The Labute approximate surface area is 148 Å². The lowest BCUT2D eigenvalue weighted by atomic mass is 10.2. The molecule has 0 heterocycles. The van der Waals surface area contributed by atoms with Crippen molar-refractivity contribution >= 4 is 15.8 Å². The molecule has 0 amide bonds. The summed E-state index contributed by atoms with van der Waals surface area (Å²) in [6.45, 7) is 4.17. The summed E-state index contributed by atoms with van der Waals surface area (Å²) in [6.07, 6.45) is -0.180. The molecule has 25 heavy (non-hydrogen) atoms. The fraction of sp³-hybridized carbons (Fsp3) is 0.316. The predicted molar refractivity (Wildman–Crippen MR) is 95.5 cm³/mol. The van der Waals surface area contributed by atoms with Crippen molar-refractivity contribution < 1.29 is 22.7 Å². The van der Waals surface area contributed by atoms with Crippen LogP contribution in [0, 0.1) is 13.8 Å². The van der Waals surface area contributed by atoms with E-state index in [0.29, 0.717) is 5.75 Å². The fourth-order valence-corrected chi connectivity index (χ4v) is 3.32. The maximum absolute atomic E-state index is 12.2. The van der Waals surface area contributed by atoms with E-state index in [0.717, 1.165) is 11.1 Å². The highest BCUT2D eigenvalue weighted by Gasteiger charge is 2.16. The second kappa shape index (κ2) is 8.67. The molecular weight excluding hydrogens is 340 g/mol. The molecule has 5 nitrogen and oxygen atoms in total. The van der Waals surface area contributed by atoms with Crippen molar-refractivity contribution in [3.8, 4) is 5.75 Å². The SMILES string of the molecule is Cc1ccc(OCCOC(=O)CCS(=O)(=O)c2ccc(C)cc2)cc1. The lowest BCUT2D eigenvalue weighted by Crippen LogP contribution is -2.16. The quantitative estimate of drug-likeness (QED) is 0.533. The van der Waals surface area contributed by atoms with Crippen LogP contribution in [0.2, 0.25) is 0 Å². The maximum atomic E-state index is 12.2. The number of sulfone groups is 1. The van der Waals surface area contributed by atoms with Crippen molar-refractivity contribution in [2.45, 2.75) is 25.2 Å². The number of aryl methyl sites for hydroxylation is 2. The van der Waals surface area contributed by atoms with Crippen LogP contribution in [0.15, 0.2) is 53.4 Å². The van der Waals surface area contributed by atoms with Gasteiger partial charge in [0.25, 0.3) is 0 Å². The monoisotopic (exact) mass is 362 g/mol. The number of carbonyl (C=O) groups is 1. The minimum atomic E-state index is -3.48. The van der Waals surface area contributed by atoms with Gasteiger partial charge in [0.15, 0.2) is 9.84 Å². The Morgan fingerprint density at radius 1 is 0.880 bits per heavy atom. The summed E-state index contributed by atoms with van der Waals surface area (Å²) >= 11 is 0. The molecule has 134 valence electrons. The molecule has 0 saturated heterocycles. The van der Waals surface area contributed by atoms with Gasteiger partial charge in [0.1, 0.15) is 19.0 Å². The minimum Gasteiger partial charge on any atom is -0.490 e. The molecular formula is C19H22O5S. The van der Waals surface area contributed by atoms with Crippen LogP contribution in [-0.2, 0) is 19.4 Å². The summed E-state index contributed by atoms with van der Waals surface area (Å²) in [7, 11) is -3.48. The molecule has 2 rings (SSSR count). The van der Waals surface area contributed by atoms with Gasteiger partial charge in [-0.05, 0) is 38.1 Å². The van der Waals surface area contributed by atoms with E-state index in [1.165, 1.54) is 0 Å². The van der Waals surface area contributed by atoms with Crippen LogP contribution >= 0.6 is 0 Å². The van der Waals surface area contributed by atoms with E-state index >= 15 is 0 Å². The Hall–Kier alpha value is -2.34. The Balaban J connectivity index is 1.71. The van der Waals surface area contributed by atoms with Crippen molar-refractivity contribution in [2.24, 2.45) is 0 Å². The molecule has 0 unspecified atom stereocenters. The highest BCUT2D eigenvalue weighted by atomic mass is 32.2. The first-order valence-corrected chi connectivity index (χ1v) is 9.66. The molecule has 0 spiro atoms. The lowest BCUT2D eigenvalue weighted by molar-refractivity contribution is -0.143. The molecule has 0 N–H and O–H groups in total. The molecule has 6 heteroatoms. The van der Waals surface area contributed by atoms with E-state index in [1.807, 2.05) is 38.1 Å². The molecule has 0 aliphatic carbocycles. The Kier molecular flexibility index (Phi) is 6.58. The van der Waals surface area contributed by atoms with E-state index in [9.17, 15) is 13.2 Å². The molecule has 0 atom stereocenters. The first kappa shape index (κ1) is 19.0. The first-order chi connectivity index (χ1) is 11.9. The fourth-order valence-electron chi connectivity index (χ4n) is 2.10. The highest BCUT2D eigenvalue weighted by Crippen LogP contribution is 2.13. The summed E-state index contributed by atoms with van der Waals surface area (Å²) in [4.78, 5) is 11.9. The van der Waals surface area contributed by atoms with Crippen LogP contribution in [0.3, 0.4) is 0 Å². The lowest BCUT2D eigenvalue weighted by Gasteiger charge is -2.08. The number of rotatable bonds is 8. The van der Waals surface area contributed by atoms with Crippen molar-refractivity contribution in [1.82, 2.24) is 0 Å². The molecule has 0 fully saturated rings. The third-order valence-corrected chi connectivity index (χ3v) is 5.32. The van der Waals surface area contributed by atoms with Crippen molar-refractivity contribution in [3.05, 3.63) is 59.7 Å². The zero-order valence-electron chi connectivity index (χ0n) is 14.4. The topological polar surface area (TPSA) is 69.7 Å². The summed E-state index contributed by atoms with van der Waals surface area (Å²) in [5.41, 5.74) is 2.11. The summed E-state index contributed by atoms with van der Waals surface area (Å²) < 4.78 is 34.8. The van der Waals surface area contributed by atoms with Crippen LogP contribution in [0.4, 0.5) is 0 Å². The zero-order chi connectivity index (χ0) is 18.3. The second-order valence-corrected chi connectivity index (χ2v) is 7.87. The van der Waals surface area contributed by atoms with Gasteiger partial charge in [0, 0.05) is 0 Å². The Morgan fingerprint density at radius 3 is 2.04 bits per heavy atom. The van der Waals surface area contributed by atoms with Gasteiger partial charge in [0.05, 0.1) is 17.1 Å². The molecule has 0 radical (unpaired) electrons. The van der Waals surface area contributed by atoms with Gasteiger partial charge in [-0.25, -0.2) is 8.42 Å². The number of hydrogen-bond donors (Lipinski definition) is 0. The molecule has 0 aromatic heterocycles. The van der Waals surface area contributed by atoms with Gasteiger partial charge < -0.3 is 9.47 Å². The largest absolute Gasteiger partial charge is 0.490 e. The third-order valence-electron chi connectivity index (χ3n) is 3.59. The van der Waals surface area contributed by atoms with E-state index in [4.69, 9.17) is 9.47 Å². The average Bonchev–Trinajstić information content (AvgIpc) is 2.59. The average molecular weight is 362 g/mol. The van der Waals surface area contributed by atoms with Crippen LogP contribution in [0.1, 0.15) is 17.5 Å². The van der Waals surface area contributed by atoms with Crippen molar-refractivity contribution in [3.63, 3.8) is 0 Å². The second-order valence-electron chi connectivity index (χ2n) is 5.76. The number of ether oxygens (including phenoxy) is 2. The molecule has 0 bridgehead atoms. The van der Waals surface area contributed by atoms with Gasteiger partial charge in [0.2, 0.25) is 0 Å². The highest BCUT2D eigenvalue weighted by molar-refractivity contribution is 7.91. The molecule has 2 aromatic rings. The number of benzene rings is 2. The van der Waals surface area contributed by atoms with E-state index in [1.54, 1.807) is 24.3 Å². The molecule has 2 aromatic carbocycles. The number of carbonyl (C=O) groups excluding carboxylic acids is 1. The van der Waals surface area contributed by atoms with Crippen molar-refractivity contribution in [2.75, 3.05) is 19.0 Å². The third kappa shape index (κ3) is 6.23. The van der Waals surface area contributed by atoms with Gasteiger partial charge in [-0.2, -0.15) is 0 Å². The molecule has 0 aliphatic rings. The van der Waals surface area contributed by atoms with Crippen LogP contribution in [0.5, 0.6) is 5.75 Å². The Morgan fingerprint density at radius 2 is 1.44 bits per heavy atom. The van der Waals surface area contributed by atoms with E-state index < -0.39 is 15.8 Å². The van der Waals surface area contributed by atoms with Gasteiger partial charge in [-0.3, -0.25) is 4.79 Å². The summed E-state index contributed by atoms with van der Waals surface area (Å²) in [5.74, 6) is -0.125. The maximum Gasteiger partial charge on any atom is 0.306 e. The Bertz CT molecular complexity index is 793. The van der Waals surface area contributed by atoms with Crippen molar-refractivity contribution in [1.29, 1.82) is 0 Å². The summed E-state index contributed by atoms with van der Waals surface area (Å²) in [5, 5.41) is 0. The van der Waals surface area contributed by atoms with E-state index in [2.05, 4.69) is 0 Å². The normalized spacial score (nSPS) is 11.1. The zero-order valence-corrected chi connectivity index (χ0v) is 15.2. The number of esters is 1. The van der Waals surface area contributed by atoms with E-state index in [-0.39, 0.29) is 30.3 Å².